The van der Waals surface area contributed by atoms with Gasteiger partial charge in [-0.1, -0.05) is 55.3 Å². The number of nitrogens with zero attached hydrogens (tertiary/aromatic N) is 2. The van der Waals surface area contributed by atoms with E-state index in [9.17, 15) is 4.79 Å². The van der Waals surface area contributed by atoms with E-state index >= 15 is 0 Å². The molecule has 1 fully saturated rings. The molecule has 1 aliphatic carbocycles. The first-order valence-corrected chi connectivity index (χ1v) is 10.6. The molecule has 1 saturated carbocycles. The van der Waals surface area contributed by atoms with E-state index in [1.807, 2.05) is 12.1 Å². The van der Waals surface area contributed by atoms with Gasteiger partial charge in [0.05, 0.1) is 10.4 Å². The maximum atomic E-state index is 11.9. The summed E-state index contributed by atoms with van der Waals surface area (Å²) in [5, 5.41) is 10.6. The van der Waals surface area contributed by atoms with Crippen LogP contribution in [0.2, 0.25) is 10.0 Å². The topological polar surface area (TPSA) is 68.9 Å². The summed E-state index contributed by atoms with van der Waals surface area (Å²) in [6, 6.07) is 7.49. The first-order chi connectivity index (χ1) is 13.0. The minimum absolute atomic E-state index is 0.224. The van der Waals surface area contributed by atoms with Crippen molar-refractivity contribution in [3.63, 3.8) is 0 Å². The standard InChI is InChI=1S/C20H19Cl2N3OS/c21-13-7-12(8-14(22)9-13)17-10-15-16(6-11-4-2-1-3-5-11)24-25-18(20(23)26)19(15)27-17/h7-11H,1-6H2,(H2,23,26). The van der Waals surface area contributed by atoms with Gasteiger partial charge in [0.1, 0.15) is 0 Å². The summed E-state index contributed by atoms with van der Waals surface area (Å²) in [5.74, 6) is 0.0638. The van der Waals surface area contributed by atoms with Crippen molar-refractivity contribution in [1.29, 1.82) is 0 Å². The van der Waals surface area contributed by atoms with E-state index in [2.05, 4.69) is 16.3 Å². The normalized spacial score (nSPS) is 15.3. The number of hydrogen-bond donors (Lipinski definition) is 1. The van der Waals surface area contributed by atoms with Crippen LogP contribution in [-0.2, 0) is 6.42 Å². The monoisotopic (exact) mass is 419 g/mol. The number of aromatic nitrogens is 2. The molecule has 3 aromatic rings. The third-order valence-corrected chi connectivity index (χ3v) is 6.74. The minimum Gasteiger partial charge on any atom is -0.364 e. The van der Waals surface area contributed by atoms with Crippen LogP contribution >= 0.6 is 34.5 Å². The van der Waals surface area contributed by atoms with Gasteiger partial charge in [-0.25, -0.2) is 0 Å². The number of benzene rings is 1. The Morgan fingerprint density at radius 1 is 1.07 bits per heavy atom. The van der Waals surface area contributed by atoms with Crippen LogP contribution in [0.5, 0.6) is 0 Å². The van der Waals surface area contributed by atoms with E-state index in [1.165, 1.54) is 43.4 Å². The molecule has 27 heavy (non-hydrogen) atoms. The van der Waals surface area contributed by atoms with Gasteiger partial charge in [0.25, 0.3) is 5.91 Å². The van der Waals surface area contributed by atoms with Crippen LogP contribution in [0.1, 0.15) is 48.3 Å². The molecule has 1 aliphatic rings. The van der Waals surface area contributed by atoms with E-state index in [1.54, 1.807) is 6.07 Å². The average molecular weight is 420 g/mol. The highest BCUT2D eigenvalue weighted by atomic mass is 35.5. The van der Waals surface area contributed by atoms with E-state index in [0.717, 1.165) is 32.6 Å². The van der Waals surface area contributed by atoms with Crippen molar-refractivity contribution in [3.8, 4) is 10.4 Å². The summed E-state index contributed by atoms with van der Waals surface area (Å²) < 4.78 is 0.786. The maximum absolute atomic E-state index is 11.9. The molecular formula is C20H19Cl2N3OS. The molecule has 0 aliphatic heterocycles. The summed E-state index contributed by atoms with van der Waals surface area (Å²) in [6.45, 7) is 0. The largest absolute Gasteiger partial charge is 0.364 e. The van der Waals surface area contributed by atoms with Crippen molar-refractivity contribution in [2.75, 3.05) is 0 Å². The summed E-state index contributed by atoms with van der Waals surface area (Å²) in [4.78, 5) is 12.8. The zero-order chi connectivity index (χ0) is 19.0. The van der Waals surface area contributed by atoms with Gasteiger partial charge in [-0.3, -0.25) is 4.79 Å². The first-order valence-electron chi connectivity index (χ1n) is 9.06. The lowest BCUT2D eigenvalue weighted by Crippen LogP contribution is -2.16. The summed E-state index contributed by atoms with van der Waals surface area (Å²) in [5.41, 5.74) is 7.61. The van der Waals surface area contributed by atoms with Crippen molar-refractivity contribution in [3.05, 3.63) is 45.7 Å². The van der Waals surface area contributed by atoms with Gasteiger partial charge in [0.2, 0.25) is 0 Å². The van der Waals surface area contributed by atoms with Crippen molar-refractivity contribution >= 4 is 50.5 Å². The molecule has 0 spiro atoms. The molecule has 4 rings (SSSR count). The molecule has 2 aromatic heterocycles. The quantitative estimate of drug-likeness (QED) is 0.573. The van der Waals surface area contributed by atoms with Crippen LogP contribution in [0.15, 0.2) is 24.3 Å². The van der Waals surface area contributed by atoms with Crippen LogP contribution in [0, 0.1) is 5.92 Å². The van der Waals surface area contributed by atoms with Gasteiger partial charge in [0.15, 0.2) is 5.69 Å². The number of carbonyl (C=O) groups excluding carboxylic acids is 1. The third-order valence-electron chi connectivity index (χ3n) is 5.12. The molecule has 7 heteroatoms. The smallest absolute Gasteiger partial charge is 0.270 e. The van der Waals surface area contributed by atoms with Crippen LogP contribution in [0.4, 0.5) is 0 Å². The fourth-order valence-electron chi connectivity index (χ4n) is 3.81. The van der Waals surface area contributed by atoms with Gasteiger partial charge in [-0.05, 0) is 42.2 Å². The predicted octanol–water partition coefficient (Wildman–Crippen LogP) is 5.89. The number of primary amides is 1. The lowest BCUT2D eigenvalue weighted by atomic mass is 9.85. The van der Waals surface area contributed by atoms with E-state index < -0.39 is 5.91 Å². The maximum Gasteiger partial charge on any atom is 0.270 e. The van der Waals surface area contributed by atoms with Gasteiger partial charge in [-0.15, -0.1) is 16.4 Å². The van der Waals surface area contributed by atoms with Crippen LogP contribution in [-0.4, -0.2) is 16.1 Å². The molecular weight excluding hydrogens is 401 g/mol. The zero-order valence-corrected chi connectivity index (χ0v) is 17.0. The molecule has 1 amide bonds. The first kappa shape index (κ1) is 18.7. The Morgan fingerprint density at radius 3 is 2.44 bits per heavy atom. The van der Waals surface area contributed by atoms with Crippen molar-refractivity contribution in [1.82, 2.24) is 10.2 Å². The van der Waals surface area contributed by atoms with Crippen molar-refractivity contribution < 1.29 is 4.79 Å². The molecule has 0 radical (unpaired) electrons. The molecule has 1 aromatic carbocycles. The number of amides is 1. The molecule has 0 atom stereocenters. The Kier molecular flexibility index (Phi) is 5.35. The molecule has 0 saturated heterocycles. The van der Waals surface area contributed by atoms with Crippen LogP contribution in [0.3, 0.4) is 0 Å². The number of rotatable bonds is 4. The van der Waals surface area contributed by atoms with Gasteiger partial charge < -0.3 is 5.73 Å². The molecule has 4 nitrogen and oxygen atoms in total. The van der Waals surface area contributed by atoms with Gasteiger partial charge in [-0.2, -0.15) is 5.10 Å². The van der Waals surface area contributed by atoms with Crippen molar-refractivity contribution in [2.45, 2.75) is 38.5 Å². The van der Waals surface area contributed by atoms with Crippen molar-refractivity contribution in [2.24, 2.45) is 11.7 Å². The summed E-state index contributed by atoms with van der Waals surface area (Å²) >= 11 is 13.8. The highest BCUT2D eigenvalue weighted by Crippen LogP contribution is 2.39. The average Bonchev–Trinajstić information content (AvgIpc) is 3.07. The summed E-state index contributed by atoms with van der Waals surface area (Å²) in [7, 11) is 0. The Morgan fingerprint density at radius 2 is 1.78 bits per heavy atom. The molecule has 2 N–H and O–H groups in total. The Hall–Kier alpha value is -1.69. The second-order valence-corrected chi connectivity index (χ2v) is 9.00. The van der Waals surface area contributed by atoms with E-state index in [4.69, 9.17) is 28.9 Å². The second-order valence-electron chi connectivity index (χ2n) is 7.08. The molecule has 0 unspecified atom stereocenters. The minimum atomic E-state index is -0.561. The Balaban J connectivity index is 1.81. The van der Waals surface area contributed by atoms with Crippen LogP contribution < -0.4 is 5.73 Å². The molecule has 2 heterocycles. The number of halogens is 2. The number of nitrogens with two attached hydrogens (primary N) is 1. The number of fused-ring (bicyclic) bond motifs is 1. The Labute approximate surface area is 171 Å². The number of thiophene rings is 1. The van der Waals surface area contributed by atoms with Gasteiger partial charge in [0, 0.05) is 20.3 Å². The second kappa shape index (κ2) is 7.74. The fraction of sp³-hybridized carbons (Fsp3) is 0.350. The lowest BCUT2D eigenvalue weighted by molar-refractivity contribution is 0.0996. The molecule has 0 bridgehead atoms. The predicted molar refractivity (Wildman–Crippen MR) is 112 cm³/mol. The molecule has 140 valence electrons. The highest BCUT2D eigenvalue weighted by molar-refractivity contribution is 7.22. The Bertz CT molecular complexity index is 992. The van der Waals surface area contributed by atoms with Crippen LogP contribution in [0.25, 0.3) is 20.5 Å². The number of carbonyl (C=O) groups is 1. The third kappa shape index (κ3) is 3.96. The lowest BCUT2D eigenvalue weighted by Gasteiger charge is -2.21. The fourth-order valence-corrected chi connectivity index (χ4v) is 5.49. The number of hydrogen-bond acceptors (Lipinski definition) is 4. The van der Waals surface area contributed by atoms with Gasteiger partial charge >= 0.3 is 0 Å². The SMILES string of the molecule is NC(=O)c1nnc(CC2CCCCC2)c2cc(-c3cc(Cl)cc(Cl)c3)sc12. The van der Waals surface area contributed by atoms with E-state index in [0.29, 0.717) is 16.0 Å². The van der Waals surface area contributed by atoms with E-state index in [-0.39, 0.29) is 5.69 Å². The highest BCUT2D eigenvalue weighted by Gasteiger charge is 2.21. The zero-order valence-electron chi connectivity index (χ0n) is 14.7. The summed E-state index contributed by atoms with van der Waals surface area (Å²) in [6.07, 6.45) is 7.20.